The van der Waals surface area contributed by atoms with E-state index in [4.69, 9.17) is 4.74 Å². The molecule has 0 bridgehead atoms. The van der Waals surface area contributed by atoms with E-state index in [1.807, 2.05) is 19.0 Å². The predicted octanol–water partition coefficient (Wildman–Crippen LogP) is -0.792. The number of rotatable bonds is 4. The van der Waals surface area contributed by atoms with Crippen molar-refractivity contribution in [1.29, 1.82) is 0 Å². The van der Waals surface area contributed by atoms with Crippen molar-refractivity contribution in [2.45, 2.75) is 25.4 Å². The molecule has 1 aromatic rings. The van der Waals surface area contributed by atoms with E-state index in [-0.39, 0.29) is 31.0 Å². The summed E-state index contributed by atoms with van der Waals surface area (Å²) in [5.41, 5.74) is 0.244. The van der Waals surface area contributed by atoms with Gasteiger partial charge >= 0.3 is 0 Å². The van der Waals surface area contributed by atoms with Gasteiger partial charge in [-0.3, -0.25) is 19.2 Å². The number of fused-ring (bicyclic) bond motifs is 1. The molecule has 4 amide bonds. The molecule has 170 valence electrons. The molecule has 0 saturated carbocycles. The third-order valence-corrected chi connectivity index (χ3v) is 4.81. The number of nitrogens with zero attached hydrogens (tertiary/aromatic N) is 2. The van der Waals surface area contributed by atoms with E-state index in [0.29, 0.717) is 18.8 Å². The monoisotopic (exact) mass is 433 g/mol. The first-order valence-corrected chi connectivity index (χ1v) is 10.2. The minimum atomic E-state index is -1.09. The number of benzene rings is 1. The third-order valence-electron chi connectivity index (χ3n) is 4.81. The van der Waals surface area contributed by atoms with Crippen LogP contribution in [-0.4, -0.2) is 92.9 Å². The fourth-order valence-corrected chi connectivity index (χ4v) is 2.98. The van der Waals surface area contributed by atoms with Gasteiger partial charge in [-0.15, -0.1) is 0 Å². The summed E-state index contributed by atoms with van der Waals surface area (Å²) in [6, 6.07) is 4.74. The maximum Gasteiger partial charge on any atom is 0.255 e. The SMILES string of the molecule is C[C@@H]1NC(=O)C[C@@H](C(=O)N(C)CCN(C)C)NC(=O)c2ccccc2OCCNC1=O. The molecule has 2 atom stereocenters. The molecule has 1 aliphatic rings. The van der Waals surface area contributed by atoms with Crippen LogP contribution in [0.2, 0.25) is 0 Å². The predicted molar refractivity (Wildman–Crippen MR) is 115 cm³/mol. The van der Waals surface area contributed by atoms with E-state index in [9.17, 15) is 19.2 Å². The van der Waals surface area contributed by atoms with Gasteiger partial charge in [0.15, 0.2) is 0 Å². The van der Waals surface area contributed by atoms with E-state index in [1.54, 1.807) is 38.2 Å². The molecule has 10 nitrogen and oxygen atoms in total. The molecule has 0 radical (unpaired) electrons. The van der Waals surface area contributed by atoms with Gasteiger partial charge in [0.05, 0.1) is 18.5 Å². The minimum absolute atomic E-state index is 0.145. The number of likely N-dealkylation sites (N-methyl/N-ethyl adjacent to an activating group) is 2. The van der Waals surface area contributed by atoms with Gasteiger partial charge in [-0.2, -0.15) is 0 Å². The van der Waals surface area contributed by atoms with Crippen LogP contribution in [0.3, 0.4) is 0 Å². The number of amides is 4. The molecule has 31 heavy (non-hydrogen) atoms. The molecule has 3 N–H and O–H groups in total. The highest BCUT2D eigenvalue weighted by atomic mass is 16.5. The Morgan fingerprint density at radius 1 is 1.10 bits per heavy atom. The number of para-hydroxylation sites is 1. The number of carbonyl (C=O) groups is 4. The van der Waals surface area contributed by atoms with Crippen LogP contribution in [-0.2, 0) is 14.4 Å². The third kappa shape index (κ3) is 7.25. The molecule has 1 heterocycles. The maximum absolute atomic E-state index is 13.0. The lowest BCUT2D eigenvalue weighted by Gasteiger charge is -2.26. The smallest absolute Gasteiger partial charge is 0.255 e. The summed E-state index contributed by atoms with van der Waals surface area (Å²) in [7, 11) is 5.39. The normalized spacial score (nSPS) is 20.5. The van der Waals surface area contributed by atoms with Crippen LogP contribution in [0.1, 0.15) is 23.7 Å². The second-order valence-electron chi connectivity index (χ2n) is 7.72. The Bertz CT molecular complexity index is 813. The highest BCUT2D eigenvalue weighted by Gasteiger charge is 2.29. The molecular weight excluding hydrogens is 402 g/mol. The minimum Gasteiger partial charge on any atom is -0.491 e. The van der Waals surface area contributed by atoms with Gasteiger partial charge in [-0.1, -0.05) is 12.1 Å². The molecule has 1 aromatic carbocycles. The largest absolute Gasteiger partial charge is 0.491 e. The maximum atomic E-state index is 13.0. The van der Waals surface area contributed by atoms with Crippen LogP contribution in [0.25, 0.3) is 0 Å². The van der Waals surface area contributed by atoms with E-state index >= 15 is 0 Å². The average Bonchev–Trinajstić information content (AvgIpc) is 2.73. The van der Waals surface area contributed by atoms with Gasteiger partial charge < -0.3 is 30.5 Å². The summed E-state index contributed by atoms with van der Waals surface area (Å²) in [5, 5.41) is 7.91. The van der Waals surface area contributed by atoms with Crippen molar-refractivity contribution in [3.63, 3.8) is 0 Å². The molecule has 1 aliphatic heterocycles. The second kappa shape index (κ2) is 11.3. The summed E-state index contributed by atoms with van der Waals surface area (Å²) in [6.45, 7) is 2.97. The van der Waals surface area contributed by atoms with Crippen molar-refractivity contribution in [1.82, 2.24) is 25.8 Å². The Morgan fingerprint density at radius 3 is 2.52 bits per heavy atom. The lowest BCUT2D eigenvalue weighted by Crippen LogP contribution is -2.52. The topological polar surface area (TPSA) is 120 Å². The van der Waals surface area contributed by atoms with Crippen molar-refractivity contribution in [3.8, 4) is 5.75 Å². The summed E-state index contributed by atoms with van der Waals surface area (Å²) in [5.74, 6) is -1.46. The summed E-state index contributed by atoms with van der Waals surface area (Å²) < 4.78 is 5.65. The van der Waals surface area contributed by atoms with Crippen LogP contribution in [0.4, 0.5) is 0 Å². The van der Waals surface area contributed by atoms with Gasteiger partial charge in [0.2, 0.25) is 17.7 Å². The van der Waals surface area contributed by atoms with E-state index < -0.39 is 29.8 Å². The molecule has 0 aromatic heterocycles. The van der Waals surface area contributed by atoms with Gasteiger partial charge in [0.1, 0.15) is 24.4 Å². The van der Waals surface area contributed by atoms with E-state index in [1.165, 1.54) is 4.90 Å². The standard InChI is InChI=1S/C21H31N5O5/c1-14-19(28)22-9-12-31-17-8-6-5-7-15(17)20(29)24-16(13-18(27)23-14)21(30)26(4)11-10-25(2)3/h5-8,14,16H,9-13H2,1-4H3,(H,22,28)(H,23,27)(H,24,29)/t14-,16-/m0/s1. The Labute approximate surface area is 182 Å². The second-order valence-corrected chi connectivity index (χ2v) is 7.72. The molecule has 0 spiro atoms. The number of carbonyl (C=O) groups excluding carboxylic acids is 4. The number of hydrogen-bond donors (Lipinski definition) is 3. The summed E-state index contributed by atoms with van der Waals surface area (Å²) in [6.07, 6.45) is -0.294. The molecule has 0 aliphatic carbocycles. The molecular formula is C21H31N5O5. The van der Waals surface area contributed by atoms with Crippen LogP contribution in [0.5, 0.6) is 5.75 Å². The highest BCUT2D eigenvalue weighted by molar-refractivity contribution is 6.01. The zero-order valence-electron chi connectivity index (χ0n) is 18.4. The summed E-state index contributed by atoms with van der Waals surface area (Å²) >= 11 is 0. The Balaban J connectivity index is 2.29. The molecule has 0 saturated heterocycles. The first-order valence-electron chi connectivity index (χ1n) is 10.2. The zero-order valence-corrected chi connectivity index (χ0v) is 18.4. The van der Waals surface area contributed by atoms with Gasteiger partial charge in [0.25, 0.3) is 5.91 Å². The molecule has 0 unspecified atom stereocenters. The van der Waals surface area contributed by atoms with Gasteiger partial charge in [-0.25, -0.2) is 0 Å². The van der Waals surface area contributed by atoms with Gasteiger partial charge in [0, 0.05) is 20.1 Å². The number of nitrogens with one attached hydrogen (secondary N) is 3. The Morgan fingerprint density at radius 2 is 1.81 bits per heavy atom. The van der Waals surface area contributed by atoms with E-state index in [2.05, 4.69) is 16.0 Å². The fraction of sp³-hybridized carbons (Fsp3) is 0.524. The quantitative estimate of drug-likeness (QED) is 0.572. The van der Waals surface area contributed by atoms with Crippen molar-refractivity contribution >= 4 is 23.6 Å². The number of hydrogen-bond acceptors (Lipinski definition) is 6. The zero-order chi connectivity index (χ0) is 23.0. The van der Waals surface area contributed by atoms with Crippen LogP contribution in [0, 0.1) is 0 Å². The lowest BCUT2D eigenvalue weighted by atomic mass is 10.1. The Hall–Kier alpha value is -3.14. The highest BCUT2D eigenvalue weighted by Crippen LogP contribution is 2.18. The van der Waals surface area contributed by atoms with Crippen LogP contribution in [0.15, 0.2) is 24.3 Å². The fourth-order valence-electron chi connectivity index (χ4n) is 2.98. The molecule has 10 heteroatoms. The van der Waals surface area contributed by atoms with Crippen molar-refractivity contribution in [3.05, 3.63) is 29.8 Å². The first-order chi connectivity index (χ1) is 14.7. The van der Waals surface area contributed by atoms with Crippen molar-refractivity contribution < 1.29 is 23.9 Å². The Kier molecular flexibility index (Phi) is 8.80. The molecule has 0 fully saturated rings. The van der Waals surface area contributed by atoms with Crippen molar-refractivity contribution in [2.75, 3.05) is 47.4 Å². The van der Waals surface area contributed by atoms with Crippen LogP contribution >= 0.6 is 0 Å². The lowest BCUT2D eigenvalue weighted by molar-refractivity contribution is -0.135. The van der Waals surface area contributed by atoms with Gasteiger partial charge in [-0.05, 0) is 33.2 Å². The van der Waals surface area contributed by atoms with Crippen molar-refractivity contribution in [2.24, 2.45) is 0 Å². The van der Waals surface area contributed by atoms with E-state index in [0.717, 1.165) is 0 Å². The number of ether oxygens (including phenoxy) is 1. The first kappa shape index (κ1) is 24.1. The van der Waals surface area contributed by atoms with Crippen LogP contribution < -0.4 is 20.7 Å². The molecule has 2 rings (SSSR count). The average molecular weight is 434 g/mol. The summed E-state index contributed by atoms with van der Waals surface area (Å²) in [4.78, 5) is 54.0.